The van der Waals surface area contributed by atoms with Crippen LogP contribution in [0, 0.1) is 5.82 Å². The highest BCUT2D eigenvalue weighted by Crippen LogP contribution is 2.11. The second-order valence-corrected chi connectivity index (χ2v) is 5.35. The number of nitrogens with one attached hydrogen (secondary N) is 1. The van der Waals surface area contributed by atoms with Crippen LogP contribution in [0.3, 0.4) is 0 Å². The number of halogens is 1. The van der Waals surface area contributed by atoms with E-state index < -0.39 is 0 Å². The maximum atomic E-state index is 12.8. The third-order valence-corrected chi connectivity index (χ3v) is 3.53. The first kappa shape index (κ1) is 16.0. The minimum atomic E-state index is -0.313. The molecule has 0 fully saturated rings. The summed E-state index contributed by atoms with van der Waals surface area (Å²) in [5.74, 6) is 0.154. The zero-order valence-corrected chi connectivity index (χ0v) is 13.1. The van der Waals surface area contributed by atoms with Gasteiger partial charge >= 0.3 is 0 Å². The van der Waals surface area contributed by atoms with Crippen molar-refractivity contribution in [3.05, 3.63) is 66.4 Å². The number of rotatable bonds is 7. The van der Waals surface area contributed by atoms with Gasteiger partial charge in [0.2, 0.25) is 5.91 Å². The molecule has 24 heavy (non-hydrogen) atoms. The van der Waals surface area contributed by atoms with E-state index in [0.717, 1.165) is 11.3 Å². The summed E-state index contributed by atoms with van der Waals surface area (Å²) in [7, 11) is 0. The summed E-state index contributed by atoms with van der Waals surface area (Å²) in [4.78, 5) is 16.2. The predicted octanol–water partition coefficient (Wildman–Crippen LogP) is 2.60. The monoisotopic (exact) mass is 327 g/mol. The average Bonchev–Trinajstić information content (AvgIpc) is 2.99. The highest BCUT2D eigenvalue weighted by atomic mass is 19.1. The van der Waals surface area contributed by atoms with Crippen LogP contribution < -0.4 is 10.1 Å². The molecule has 5 nitrogen and oxygen atoms in total. The van der Waals surface area contributed by atoms with Crippen molar-refractivity contribution in [2.45, 2.75) is 12.8 Å². The highest BCUT2D eigenvalue weighted by molar-refractivity contribution is 5.75. The number of pyridine rings is 1. The number of carbonyl (C=O) groups excluding carboxylic acids is 1. The topological polar surface area (TPSA) is 55.6 Å². The molecule has 1 amide bonds. The first-order chi connectivity index (χ1) is 11.7. The molecule has 2 heterocycles. The molecule has 0 radical (unpaired) electrons. The Morgan fingerprint density at radius 1 is 1.21 bits per heavy atom. The van der Waals surface area contributed by atoms with Crippen LogP contribution in [0.15, 0.2) is 54.9 Å². The van der Waals surface area contributed by atoms with E-state index in [-0.39, 0.29) is 24.8 Å². The zero-order chi connectivity index (χ0) is 16.8. The minimum Gasteiger partial charge on any atom is -0.493 e. The fraction of sp³-hybridized carbons (Fsp3) is 0.222. The number of fused-ring (bicyclic) bond motifs is 1. The van der Waals surface area contributed by atoms with Gasteiger partial charge in [-0.05, 0) is 36.4 Å². The first-order valence-corrected chi connectivity index (χ1v) is 7.78. The summed E-state index contributed by atoms with van der Waals surface area (Å²) in [5.41, 5.74) is 1.83. The average molecular weight is 327 g/mol. The van der Waals surface area contributed by atoms with E-state index in [0.29, 0.717) is 18.7 Å². The van der Waals surface area contributed by atoms with Crippen molar-refractivity contribution in [2.24, 2.45) is 0 Å². The van der Waals surface area contributed by atoms with Crippen LogP contribution in [-0.4, -0.2) is 28.4 Å². The number of aromatic nitrogens is 2. The van der Waals surface area contributed by atoms with E-state index in [2.05, 4.69) is 10.3 Å². The summed E-state index contributed by atoms with van der Waals surface area (Å²) in [6, 6.07) is 11.5. The Morgan fingerprint density at radius 3 is 2.83 bits per heavy atom. The number of carbonyl (C=O) groups is 1. The molecule has 1 aromatic carbocycles. The van der Waals surface area contributed by atoms with Gasteiger partial charge in [0.1, 0.15) is 17.2 Å². The maximum Gasteiger partial charge on any atom is 0.223 e. The maximum absolute atomic E-state index is 12.8. The van der Waals surface area contributed by atoms with Crippen molar-refractivity contribution in [1.29, 1.82) is 0 Å². The Labute approximate surface area is 139 Å². The molecule has 0 saturated carbocycles. The van der Waals surface area contributed by atoms with Gasteiger partial charge in [-0.3, -0.25) is 4.79 Å². The Hall–Kier alpha value is -2.89. The SMILES string of the molecule is O=C(CCOc1ccc(F)cc1)NCCc1cn2ccccc2n1. The van der Waals surface area contributed by atoms with Gasteiger partial charge in [-0.15, -0.1) is 0 Å². The van der Waals surface area contributed by atoms with Gasteiger partial charge in [-0.1, -0.05) is 6.07 Å². The van der Waals surface area contributed by atoms with Crippen LogP contribution in [-0.2, 0) is 11.2 Å². The molecule has 0 aliphatic heterocycles. The number of hydrogen-bond acceptors (Lipinski definition) is 3. The van der Waals surface area contributed by atoms with E-state index >= 15 is 0 Å². The summed E-state index contributed by atoms with van der Waals surface area (Å²) in [6.07, 6.45) is 4.82. The lowest BCUT2D eigenvalue weighted by molar-refractivity contribution is -0.121. The van der Waals surface area contributed by atoms with Gasteiger partial charge in [0, 0.05) is 25.4 Å². The van der Waals surface area contributed by atoms with Crippen LogP contribution in [0.4, 0.5) is 4.39 Å². The van der Waals surface area contributed by atoms with Gasteiger partial charge < -0.3 is 14.5 Å². The van der Waals surface area contributed by atoms with Crippen LogP contribution in [0.1, 0.15) is 12.1 Å². The smallest absolute Gasteiger partial charge is 0.223 e. The van der Waals surface area contributed by atoms with E-state index in [1.165, 1.54) is 24.3 Å². The molecule has 0 saturated heterocycles. The van der Waals surface area contributed by atoms with Gasteiger partial charge in [-0.25, -0.2) is 9.37 Å². The molecular formula is C18H18FN3O2. The van der Waals surface area contributed by atoms with Gasteiger partial charge in [-0.2, -0.15) is 0 Å². The highest BCUT2D eigenvalue weighted by Gasteiger charge is 2.04. The molecule has 0 unspecified atom stereocenters. The lowest BCUT2D eigenvalue weighted by Crippen LogP contribution is -2.27. The molecule has 6 heteroatoms. The van der Waals surface area contributed by atoms with Crippen molar-refractivity contribution >= 4 is 11.6 Å². The summed E-state index contributed by atoms with van der Waals surface area (Å²) >= 11 is 0. The summed E-state index contributed by atoms with van der Waals surface area (Å²) in [5, 5.41) is 2.84. The van der Waals surface area contributed by atoms with Crippen LogP contribution in [0.2, 0.25) is 0 Å². The number of ether oxygens (including phenoxy) is 1. The fourth-order valence-corrected chi connectivity index (χ4v) is 2.32. The Kier molecular flexibility index (Phi) is 5.05. The van der Waals surface area contributed by atoms with Crippen LogP contribution in [0.5, 0.6) is 5.75 Å². The quantitative estimate of drug-likeness (QED) is 0.726. The van der Waals surface area contributed by atoms with E-state index in [1.807, 2.05) is 35.0 Å². The van der Waals surface area contributed by atoms with E-state index in [9.17, 15) is 9.18 Å². The molecule has 3 rings (SSSR count). The molecular weight excluding hydrogens is 309 g/mol. The molecule has 3 aromatic rings. The second kappa shape index (κ2) is 7.59. The number of hydrogen-bond donors (Lipinski definition) is 1. The van der Waals surface area contributed by atoms with Crippen LogP contribution >= 0.6 is 0 Å². The zero-order valence-electron chi connectivity index (χ0n) is 13.1. The molecule has 0 bridgehead atoms. The Bertz CT molecular complexity index is 782. The number of benzene rings is 1. The third kappa shape index (κ3) is 4.32. The number of amides is 1. The molecule has 1 N–H and O–H groups in total. The molecule has 0 spiro atoms. The van der Waals surface area contributed by atoms with E-state index in [1.54, 1.807) is 0 Å². The van der Waals surface area contributed by atoms with Gasteiger partial charge in [0.15, 0.2) is 0 Å². The van der Waals surface area contributed by atoms with E-state index in [4.69, 9.17) is 4.74 Å². The second-order valence-electron chi connectivity index (χ2n) is 5.35. The molecule has 2 aromatic heterocycles. The molecule has 0 atom stereocenters. The van der Waals surface area contributed by atoms with Crippen molar-refractivity contribution in [3.8, 4) is 5.75 Å². The predicted molar refractivity (Wildman–Crippen MR) is 88.4 cm³/mol. The van der Waals surface area contributed by atoms with Gasteiger partial charge in [0.25, 0.3) is 0 Å². The van der Waals surface area contributed by atoms with Crippen molar-refractivity contribution in [1.82, 2.24) is 14.7 Å². The standard InChI is InChI=1S/C18H18FN3O2/c19-14-4-6-16(7-5-14)24-12-9-18(23)20-10-8-15-13-22-11-2-1-3-17(22)21-15/h1-7,11,13H,8-10,12H2,(H,20,23). The fourth-order valence-electron chi connectivity index (χ4n) is 2.32. The molecule has 124 valence electrons. The normalized spacial score (nSPS) is 10.7. The van der Waals surface area contributed by atoms with Crippen molar-refractivity contribution in [3.63, 3.8) is 0 Å². The molecule has 0 aliphatic carbocycles. The minimum absolute atomic E-state index is 0.0825. The van der Waals surface area contributed by atoms with Gasteiger partial charge in [0.05, 0.1) is 18.7 Å². The van der Waals surface area contributed by atoms with Crippen molar-refractivity contribution in [2.75, 3.05) is 13.2 Å². The van der Waals surface area contributed by atoms with Crippen molar-refractivity contribution < 1.29 is 13.9 Å². The lowest BCUT2D eigenvalue weighted by atomic mass is 10.3. The largest absolute Gasteiger partial charge is 0.493 e. The number of nitrogens with zero attached hydrogens (tertiary/aromatic N) is 2. The number of imidazole rings is 1. The molecule has 0 aliphatic rings. The van der Waals surface area contributed by atoms with Crippen LogP contribution in [0.25, 0.3) is 5.65 Å². The summed E-state index contributed by atoms with van der Waals surface area (Å²) < 4.78 is 20.1. The Morgan fingerprint density at radius 2 is 2.04 bits per heavy atom. The lowest BCUT2D eigenvalue weighted by Gasteiger charge is -2.06. The Balaban J connectivity index is 1.37. The first-order valence-electron chi connectivity index (χ1n) is 7.78. The summed E-state index contributed by atoms with van der Waals surface area (Å²) in [6.45, 7) is 0.783. The third-order valence-electron chi connectivity index (χ3n) is 3.53.